The topological polar surface area (TPSA) is 30.5 Å². The molecule has 2 heterocycles. The van der Waals surface area contributed by atoms with Gasteiger partial charge < -0.3 is 14.8 Å². The molecule has 2 aliphatic rings. The average molecular weight is 251 g/mol. The number of benzene rings is 1. The lowest BCUT2D eigenvalue weighted by atomic mass is 10.0. The Morgan fingerprint density at radius 1 is 1.24 bits per heavy atom. The lowest BCUT2D eigenvalue weighted by Gasteiger charge is -2.22. The van der Waals surface area contributed by atoms with Gasteiger partial charge in [-0.05, 0) is 43.3 Å². The second-order valence-electron chi connectivity index (χ2n) is 4.39. The summed E-state index contributed by atoms with van der Waals surface area (Å²) in [5, 5.41) is 3.54. The normalized spacial score (nSPS) is 22.8. The van der Waals surface area contributed by atoms with Crippen molar-refractivity contribution in [3.05, 3.63) is 17.7 Å². The van der Waals surface area contributed by atoms with Gasteiger partial charge in [0.05, 0.1) is 0 Å². The summed E-state index contributed by atoms with van der Waals surface area (Å²) in [6.45, 7) is 2.43. The predicted molar refractivity (Wildman–Crippen MR) is 69.2 cm³/mol. The predicted octanol–water partition coefficient (Wildman–Crippen LogP) is 2.60. The van der Waals surface area contributed by atoms with Crippen LogP contribution in [0.5, 0.6) is 11.5 Å². The molecular formula is C13H17NO2S. The van der Waals surface area contributed by atoms with Gasteiger partial charge in [0.15, 0.2) is 11.5 Å². The summed E-state index contributed by atoms with van der Waals surface area (Å²) < 4.78 is 11.3. The fourth-order valence-corrected chi connectivity index (χ4v) is 3.15. The van der Waals surface area contributed by atoms with Crippen LogP contribution in [0.25, 0.3) is 0 Å². The molecule has 17 heavy (non-hydrogen) atoms. The van der Waals surface area contributed by atoms with E-state index in [1.165, 1.54) is 23.3 Å². The zero-order chi connectivity index (χ0) is 11.7. The SMILES string of the molecule is CSc1cc2c(cc1C1CCCN1)OCCO2. The number of hydrogen-bond acceptors (Lipinski definition) is 4. The summed E-state index contributed by atoms with van der Waals surface area (Å²) in [5.41, 5.74) is 1.36. The van der Waals surface area contributed by atoms with Crippen molar-refractivity contribution in [1.29, 1.82) is 0 Å². The number of thioether (sulfide) groups is 1. The van der Waals surface area contributed by atoms with Crippen molar-refractivity contribution in [1.82, 2.24) is 5.32 Å². The molecule has 0 radical (unpaired) electrons. The number of nitrogens with one attached hydrogen (secondary N) is 1. The summed E-state index contributed by atoms with van der Waals surface area (Å²) in [7, 11) is 0. The second-order valence-corrected chi connectivity index (χ2v) is 5.23. The van der Waals surface area contributed by atoms with Crippen molar-refractivity contribution in [3.63, 3.8) is 0 Å². The molecule has 0 bridgehead atoms. The van der Waals surface area contributed by atoms with Gasteiger partial charge >= 0.3 is 0 Å². The molecule has 4 heteroatoms. The van der Waals surface area contributed by atoms with E-state index >= 15 is 0 Å². The number of ether oxygens (including phenoxy) is 2. The fraction of sp³-hybridized carbons (Fsp3) is 0.538. The van der Waals surface area contributed by atoms with Gasteiger partial charge in [-0.1, -0.05) is 0 Å². The van der Waals surface area contributed by atoms with Crippen molar-refractivity contribution >= 4 is 11.8 Å². The van der Waals surface area contributed by atoms with Crippen molar-refractivity contribution in [2.75, 3.05) is 26.0 Å². The Morgan fingerprint density at radius 2 is 2.00 bits per heavy atom. The Labute approximate surface area is 106 Å². The molecule has 3 nitrogen and oxygen atoms in total. The first kappa shape index (κ1) is 11.2. The largest absolute Gasteiger partial charge is 0.486 e. The monoisotopic (exact) mass is 251 g/mol. The van der Waals surface area contributed by atoms with Crippen LogP contribution in [0.1, 0.15) is 24.4 Å². The summed E-state index contributed by atoms with van der Waals surface area (Å²) in [6.07, 6.45) is 4.59. The van der Waals surface area contributed by atoms with Crippen LogP contribution in [0.3, 0.4) is 0 Å². The maximum absolute atomic E-state index is 5.66. The minimum atomic E-state index is 0.480. The molecule has 0 aromatic heterocycles. The molecule has 0 saturated carbocycles. The van der Waals surface area contributed by atoms with E-state index in [4.69, 9.17) is 9.47 Å². The molecule has 1 aromatic carbocycles. The first-order chi connectivity index (χ1) is 8.38. The van der Waals surface area contributed by atoms with Crippen LogP contribution in [0.15, 0.2) is 17.0 Å². The van der Waals surface area contributed by atoms with E-state index in [0.29, 0.717) is 19.3 Å². The molecule has 1 N–H and O–H groups in total. The minimum Gasteiger partial charge on any atom is -0.486 e. The van der Waals surface area contributed by atoms with Gasteiger partial charge in [-0.15, -0.1) is 11.8 Å². The lowest BCUT2D eigenvalue weighted by Crippen LogP contribution is -2.18. The van der Waals surface area contributed by atoms with Gasteiger partial charge in [-0.3, -0.25) is 0 Å². The fourth-order valence-electron chi connectivity index (χ4n) is 2.48. The van der Waals surface area contributed by atoms with E-state index in [1.54, 1.807) is 11.8 Å². The summed E-state index contributed by atoms with van der Waals surface area (Å²) in [4.78, 5) is 1.30. The molecule has 0 aliphatic carbocycles. The van der Waals surface area contributed by atoms with Crippen LogP contribution in [0.2, 0.25) is 0 Å². The van der Waals surface area contributed by atoms with Gasteiger partial charge in [0.25, 0.3) is 0 Å². The highest BCUT2D eigenvalue weighted by Gasteiger charge is 2.23. The molecule has 3 rings (SSSR count). The lowest BCUT2D eigenvalue weighted by molar-refractivity contribution is 0.170. The molecular weight excluding hydrogens is 234 g/mol. The van der Waals surface area contributed by atoms with E-state index in [0.717, 1.165) is 18.0 Å². The quantitative estimate of drug-likeness (QED) is 0.818. The van der Waals surface area contributed by atoms with Crippen molar-refractivity contribution < 1.29 is 9.47 Å². The third kappa shape index (κ3) is 2.11. The van der Waals surface area contributed by atoms with Crippen LogP contribution in [0.4, 0.5) is 0 Å². The highest BCUT2D eigenvalue weighted by atomic mass is 32.2. The number of fused-ring (bicyclic) bond motifs is 1. The minimum absolute atomic E-state index is 0.480. The zero-order valence-corrected chi connectivity index (χ0v) is 10.8. The highest BCUT2D eigenvalue weighted by Crippen LogP contribution is 2.40. The first-order valence-corrected chi connectivity index (χ1v) is 7.32. The first-order valence-electron chi connectivity index (χ1n) is 6.09. The van der Waals surface area contributed by atoms with Crippen LogP contribution in [0, 0.1) is 0 Å². The molecule has 1 atom stereocenters. The van der Waals surface area contributed by atoms with Crippen molar-refractivity contribution in [2.24, 2.45) is 0 Å². The molecule has 2 aliphatic heterocycles. The Kier molecular flexibility index (Phi) is 3.16. The van der Waals surface area contributed by atoms with Crippen LogP contribution in [-0.2, 0) is 0 Å². The van der Waals surface area contributed by atoms with Gasteiger partial charge in [0.2, 0.25) is 0 Å². The average Bonchev–Trinajstić information content (AvgIpc) is 2.91. The van der Waals surface area contributed by atoms with Crippen LogP contribution >= 0.6 is 11.8 Å². The van der Waals surface area contributed by atoms with Crippen molar-refractivity contribution in [3.8, 4) is 11.5 Å². The van der Waals surface area contributed by atoms with E-state index < -0.39 is 0 Å². The third-order valence-corrected chi connectivity index (χ3v) is 4.12. The zero-order valence-electron chi connectivity index (χ0n) is 9.99. The summed E-state index contributed by atoms with van der Waals surface area (Å²) >= 11 is 1.78. The van der Waals surface area contributed by atoms with E-state index in [-0.39, 0.29) is 0 Å². The molecule has 1 unspecified atom stereocenters. The third-order valence-electron chi connectivity index (χ3n) is 3.33. The summed E-state index contributed by atoms with van der Waals surface area (Å²) in [6, 6.07) is 4.76. The van der Waals surface area contributed by atoms with E-state index in [9.17, 15) is 0 Å². The number of hydrogen-bond donors (Lipinski definition) is 1. The molecule has 92 valence electrons. The Hall–Kier alpha value is -0.870. The van der Waals surface area contributed by atoms with Gasteiger partial charge in [-0.2, -0.15) is 0 Å². The Bertz CT molecular complexity index is 416. The summed E-state index contributed by atoms with van der Waals surface area (Å²) in [5.74, 6) is 1.79. The maximum Gasteiger partial charge on any atom is 0.162 e. The Morgan fingerprint density at radius 3 is 2.65 bits per heavy atom. The number of rotatable bonds is 2. The van der Waals surface area contributed by atoms with Gasteiger partial charge in [0.1, 0.15) is 13.2 Å². The van der Waals surface area contributed by atoms with Gasteiger partial charge in [-0.25, -0.2) is 0 Å². The highest BCUT2D eigenvalue weighted by molar-refractivity contribution is 7.98. The molecule has 0 amide bonds. The van der Waals surface area contributed by atoms with E-state index in [1.807, 2.05) is 0 Å². The smallest absolute Gasteiger partial charge is 0.162 e. The second kappa shape index (κ2) is 4.78. The van der Waals surface area contributed by atoms with Crippen LogP contribution < -0.4 is 14.8 Å². The standard InChI is InChI=1S/C13H17NO2S/c1-17-13-8-12-11(15-5-6-16-12)7-9(13)10-3-2-4-14-10/h7-8,10,14H,2-6H2,1H3. The maximum atomic E-state index is 5.66. The Balaban J connectivity index is 2.00. The van der Waals surface area contributed by atoms with E-state index in [2.05, 4.69) is 23.7 Å². The molecule has 1 aromatic rings. The molecule has 1 fully saturated rings. The van der Waals surface area contributed by atoms with Crippen LogP contribution in [-0.4, -0.2) is 26.0 Å². The van der Waals surface area contributed by atoms with Crippen molar-refractivity contribution in [2.45, 2.75) is 23.8 Å². The van der Waals surface area contributed by atoms with Gasteiger partial charge in [0, 0.05) is 10.9 Å². The molecule has 0 spiro atoms. The molecule has 1 saturated heterocycles.